The SMILES string of the molecule is COC(=O)C(CO[Si](C)(C)C(C)(C)C)NC(=O)c1csc(-c2cccc(C(=O)O)c2)n1. The predicted molar refractivity (Wildman–Crippen MR) is 121 cm³/mol. The lowest BCUT2D eigenvalue weighted by atomic mass is 10.1. The minimum absolute atomic E-state index is 0.00650. The smallest absolute Gasteiger partial charge is 0.335 e. The molecule has 1 aromatic carbocycles. The number of carbonyl (C=O) groups is 3. The van der Waals surface area contributed by atoms with Crippen LogP contribution in [0, 0.1) is 0 Å². The Balaban J connectivity index is 2.15. The Morgan fingerprint density at radius 2 is 1.94 bits per heavy atom. The third-order valence-corrected chi connectivity index (χ3v) is 10.7. The number of methoxy groups -OCH3 is 1. The van der Waals surface area contributed by atoms with E-state index in [9.17, 15) is 14.4 Å². The van der Waals surface area contributed by atoms with E-state index in [4.69, 9.17) is 14.3 Å². The first kappa shape index (κ1) is 24.7. The third kappa shape index (κ3) is 6.22. The van der Waals surface area contributed by atoms with Crippen LogP contribution >= 0.6 is 11.3 Å². The highest BCUT2D eigenvalue weighted by atomic mass is 32.1. The fourth-order valence-electron chi connectivity index (χ4n) is 2.35. The van der Waals surface area contributed by atoms with E-state index in [-0.39, 0.29) is 22.9 Å². The molecule has 0 radical (unpaired) electrons. The van der Waals surface area contributed by atoms with E-state index >= 15 is 0 Å². The number of hydrogen-bond acceptors (Lipinski definition) is 7. The summed E-state index contributed by atoms with van der Waals surface area (Å²) in [5.41, 5.74) is 0.851. The first-order valence-corrected chi connectivity index (χ1v) is 13.5. The second-order valence-corrected chi connectivity index (χ2v) is 14.2. The van der Waals surface area contributed by atoms with Crippen molar-refractivity contribution in [1.82, 2.24) is 10.3 Å². The van der Waals surface area contributed by atoms with Crippen molar-refractivity contribution in [3.63, 3.8) is 0 Å². The quantitative estimate of drug-likeness (QED) is 0.451. The number of hydrogen-bond donors (Lipinski definition) is 2. The molecule has 0 saturated carbocycles. The Morgan fingerprint density at radius 3 is 2.52 bits per heavy atom. The zero-order valence-corrected chi connectivity index (χ0v) is 20.3. The molecular formula is C21H28N2O6SSi. The molecule has 2 rings (SSSR count). The molecule has 0 bridgehead atoms. The van der Waals surface area contributed by atoms with Crippen LogP contribution in [0.25, 0.3) is 10.6 Å². The van der Waals surface area contributed by atoms with E-state index in [0.717, 1.165) is 0 Å². The summed E-state index contributed by atoms with van der Waals surface area (Å²) in [5, 5.41) is 13.8. The van der Waals surface area contributed by atoms with Crippen LogP contribution in [0.1, 0.15) is 41.6 Å². The fraction of sp³-hybridized carbons (Fsp3) is 0.429. The van der Waals surface area contributed by atoms with Gasteiger partial charge in [-0.2, -0.15) is 0 Å². The minimum Gasteiger partial charge on any atom is -0.478 e. The van der Waals surface area contributed by atoms with Gasteiger partial charge in [-0.15, -0.1) is 11.3 Å². The largest absolute Gasteiger partial charge is 0.478 e. The summed E-state index contributed by atoms with van der Waals surface area (Å²) in [5.74, 6) is -2.18. The van der Waals surface area contributed by atoms with Crippen molar-refractivity contribution in [3.8, 4) is 10.6 Å². The molecule has 0 spiro atoms. The van der Waals surface area contributed by atoms with E-state index in [1.165, 1.54) is 30.6 Å². The second-order valence-electron chi connectivity index (χ2n) is 8.54. The topological polar surface area (TPSA) is 115 Å². The normalized spacial score (nSPS) is 12.8. The van der Waals surface area contributed by atoms with E-state index in [1.807, 2.05) is 0 Å². The highest BCUT2D eigenvalue weighted by Crippen LogP contribution is 2.36. The molecule has 0 saturated heterocycles. The van der Waals surface area contributed by atoms with Gasteiger partial charge in [-0.1, -0.05) is 32.9 Å². The summed E-state index contributed by atoms with van der Waals surface area (Å²) in [6.45, 7) is 10.4. The number of benzene rings is 1. The van der Waals surface area contributed by atoms with E-state index in [2.05, 4.69) is 44.2 Å². The summed E-state index contributed by atoms with van der Waals surface area (Å²) in [6.07, 6.45) is 0. The maximum Gasteiger partial charge on any atom is 0.335 e. The van der Waals surface area contributed by atoms with Gasteiger partial charge in [0, 0.05) is 10.9 Å². The molecule has 0 fully saturated rings. The summed E-state index contributed by atoms with van der Waals surface area (Å²) in [4.78, 5) is 40.4. The number of esters is 1. The Kier molecular flexibility index (Phi) is 7.74. The Hall–Kier alpha value is -2.56. The molecular weight excluding hydrogens is 436 g/mol. The van der Waals surface area contributed by atoms with Gasteiger partial charge in [-0.05, 0) is 30.3 Å². The summed E-state index contributed by atoms with van der Waals surface area (Å²) < 4.78 is 10.9. The molecule has 8 nitrogen and oxygen atoms in total. The molecule has 0 aliphatic heterocycles. The van der Waals surface area contributed by atoms with Gasteiger partial charge in [0.05, 0.1) is 19.3 Å². The van der Waals surface area contributed by atoms with Crippen molar-refractivity contribution in [2.24, 2.45) is 0 Å². The molecule has 0 aliphatic carbocycles. The third-order valence-electron chi connectivity index (χ3n) is 5.30. The minimum atomic E-state index is -2.13. The van der Waals surface area contributed by atoms with Crippen LogP contribution in [-0.4, -0.2) is 56.0 Å². The number of carbonyl (C=O) groups excluding carboxylic acids is 2. The number of thiazole rings is 1. The standard InChI is InChI=1S/C21H28N2O6SSi/c1-21(2,3)31(5,6)29-11-15(20(27)28-4)22-17(24)16-12-30-18(23-16)13-8-7-9-14(10-13)19(25)26/h7-10,12,15H,11H2,1-6H3,(H,22,24)(H,25,26). The Bertz CT molecular complexity index is 967. The second kappa shape index (κ2) is 9.71. The van der Waals surface area contributed by atoms with Gasteiger partial charge in [0.1, 0.15) is 16.7 Å². The van der Waals surface area contributed by atoms with Crippen LogP contribution in [-0.2, 0) is 14.0 Å². The van der Waals surface area contributed by atoms with Crippen molar-refractivity contribution < 1.29 is 28.7 Å². The van der Waals surface area contributed by atoms with Gasteiger partial charge in [-0.25, -0.2) is 14.6 Å². The zero-order valence-electron chi connectivity index (χ0n) is 18.5. The van der Waals surface area contributed by atoms with E-state index in [1.54, 1.807) is 17.5 Å². The molecule has 2 N–H and O–H groups in total. The number of aromatic nitrogens is 1. The molecule has 10 heteroatoms. The van der Waals surface area contributed by atoms with Crippen molar-refractivity contribution in [2.45, 2.75) is 44.9 Å². The van der Waals surface area contributed by atoms with Crippen LogP contribution in [0.15, 0.2) is 29.6 Å². The van der Waals surface area contributed by atoms with Gasteiger partial charge < -0.3 is 19.6 Å². The van der Waals surface area contributed by atoms with Crippen molar-refractivity contribution in [2.75, 3.05) is 13.7 Å². The van der Waals surface area contributed by atoms with Gasteiger partial charge in [0.2, 0.25) is 0 Å². The van der Waals surface area contributed by atoms with Crippen LogP contribution in [0.4, 0.5) is 0 Å². The maximum atomic E-state index is 12.7. The molecule has 168 valence electrons. The Morgan fingerprint density at radius 1 is 1.26 bits per heavy atom. The molecule has 2 aromatic rings. The average Bonchev–Trinajstić information content (AvgIpc) is 3.20. The molecule has 1 heterocycles. The number of aromatic carboxylic acids is 1. The van der Waals surface area contributed by atoms with Crippen LogP contribution in [0.5, 0.6) is 0 Å². The van der Waals surface area contributed by atoms with Crippen molar-refractivity contribution in [3.05, 3.63) is 40.9 Å². The Labute approximate surface area is 186 Å². The first-order valence-electron chi connectivity index (χ1n) is 9.67. The lowest BCUT2D eigenvalue weighted by Crippen LogP contribution is -2.49. The highest BCUT2D eigenvalue weighted by Gasteiger charge is 2.38. The molecule has 0 aliphatic rings. The van der Waals surface area contributed by atoms with Crippen molar-refractivity contribution in [1.29, 1.82) is 0 Å². The van der Waals surface area contributed by atoms with Crippen molar-refractivity contribution >= 4 is 37.5 Å². The molecule has 1 atom stereocenters. The average molecular weight is 465 g/mol. The molecule has 1 amide bonds. The fourth-order valence-corrected chi connectivity index (χ4v) is 4.16. The summed E-state index contributed by atoms with van der Waals surface area (Å²) >= 11 is 1.21. The number of nitrogens with zero attached hydrogens (tertiary/aromatic N) is 1. The van der Waals surface area contributed by atoms with Gasteiger partial charge in [0.15, 0.2) is 8.32 Å². The zero-order chi connectivity index (χ0) is 23.4. The molecule has 1 aromatic heterocycles. The van der Waals surface area contributed by atoms with Crippen LogP contribution in [0.3, 0.4) is 0 Å². The first-order chi connectivity index (χ1) is 14.4. The molecule has 31 heavy (non-hydrogen) atoms. The number of rotatable bonds is 8. The summed E-state index contributed by atoms with van der Waals surface area (Å²) in [7, 11) is -0.878. The van der Waals surface area contributed by atoms with Gasteiger partial charge >= 0.3 is 11.9 Å². The highest BCUT2D eigenvalue weighted by molar-refractivity contribution is 7.13. The summed E-state index contributed by atoms with van der Waals surface area (Å²) in [6, 6.07) is 5.35. The maximum absolute atomic E-state index is 12.7. The monoisotopic (exact) mass is 464 g/mol. The number of carboxylic acids is 1. The van der Waals surface area contributed by atoms with Crippen LogP contribution in [0.2, 0.25) is 18.1 Å². The van der Waals surface area contributed by atoms with Gasteiger partial charge in [-0.3, -0.25) is 4.79 Å². The lowest BCUT2D eigenvalue weighted by molar-refractivity contribution is -0.143. The van der Waals surface area contributed by atoms with E-state index in [0.29, 0.717) is 10.6 Å². The number of amides is 1. The number of carboxylic acid groups (broad SMARTS) is 1. The number of nitrogens with one attached hydrogen (secondary N) is 1. The molecule has 1 unspecified atom stereocenters. The lowest BCUT2D eigenvalue weighted by Gasteiger charge is -2.37. The van der Waals surface area contributed by atoms with Crippen LogP contribution < -0.4 is 5.32 Å². The predicted octanol–water partition coefficient (Wildman–Crippen LogP) is 3.80. The number of ether oxygens (including phenoxy) is 1. The van der Waals surface area contributed by atoms with Gasteiger partial charge in [0.25, 0.3) is 5.91 Å². The van der Waals surface area contributed by atoms with E-state index < -0.39 is 32.2 Å².